The van der Waals surface area contributed by atoms with Crippen molar-refractivity contribution in [3.63, 3.8) is 0 Å². The maximum absolute atomic E-state index is 11.1. The number of aromatic amines is 1. The van der Waals surface area contributed by atoms with Crippen LogP contribution < -0.4 is 5.56 Å². The van der Waals surface area contributed by atoms with Gasteiger partial charge in [0.1, 0.15) is 4.90 Å². The summed E-state index contributed by atoms with van der Waals surface area (Å²) < 4.78 is 21.9. The van der Waals surface area contributed by atoms with Crippen molar-refractivity contribution in [3.05, 3.63) is 28.2 Å². The van der Waals surface area contributed by atoms with Gasteiger partial charge in [-0.05, 0) is 19.1 Å². The second kappa shape index (κ2) is 2.75. The molecular formula is C7H9NO3S. The largest absolute Gasteiger partial charge is 0.325 e. The number of nitrogens with one attached hydrogen (secondary N) is 1. The van der Waals surface area contributed by atoms with Gasteiger partial charge in [-0.1, -0.05) is 0 Å². The van der Waals surface area contributed by atoms with Crippen LogP contribution in [0.4, 0.5) is 0 Å². The first-order chi connectivity index (χ1) is 5.41. The molecule has 0 aliphatic heterocycles. The number of pyridine rings is 1. The molecule has 1 N–H and O–H groups in total. The van der Waals surface area contributed by atoms with Gasteiger partial charge in [-0.2, -0.15) is 0 Å². The summed E-state index contributed by atoms with van der Waals surface area (Å²) in [6.45, 7) is 1.69. The maximum atomic E-state index is 11.1. The molecule has 0 atom stereocenters. The SMILES string of the molecule is Cc1ccc(S(C)(=O)=O)c(=O)[nH]1. The van der Waals surface area contributed by atoms with E-state index in [1.54, 1.807) is 13.0 Å². The lowest BCUT2D eigenvalue weighted by Gasteiger charge is -1.96. The molecule has 0 saturated carbocycles. The topological polar surface area (TPSA) is 67.0 Å². The Morgan fingerprint density at radius 2 is 1.92 bits per heavy atom. The highest BCUT2D eigenvalue weighted by Crippen LogP contribution is 2.00. The zero-order chi connectivity index (χ0) is 9.35. The van der Waals surface area contributed by atoms with E-state index >= 15 is 0 Å². The minimum Gasteiger partial charge on any atom is -0.325 e. The summed E-state index contributed by atoms with van der Waals surface area (Å²) in [5.74, 6) is 0. The third-order valence-electron chi connectivity index (χ3n) is 1.42. The number of aromatic nitrogens is 1. The summed E-state index contributed by atoms with van der Waals surface area (Å²) in [6.07, 6.45) is 1.01. The zero-order valence-electron chi connectivity index (χ0n) is 6.79. The fraction of sp³-hybridized carbons (Fsp3) is 0.286. The van der Waals surface area contributed by atoms with E-state index in [0.717, 1.165) is 6.26 Å². The van der Waals surface area contributed by atoms with E-state index in [9.17, 15) is 13.2 Å². The van der Waals surface area contributed by atoms with Crippen molar-refractivity contribution in [1.29, 1.82) is 0 Å². The standard InChI is InChI=1S/C7H9NO3S/c1-5-3-4-6(7(9)8-5)12(2,10)11/h3-4H,1-2H3,(H,8,9). The molecule has 0 saturated heterocycles. The van der Waals surface area contributed by atoms with E-state index in [1.165, 1.54) is 6.07 Å². The Labute approximate surface area is 70.2 Å². The number of sulfone groups is 1. The Morgan fingerprint density at radius 1 is 1.33 bits per heavy atom. The highest BCUT2D eigenvalue weighted by Gasteiger charge is 2.10. The van der Waals surface area contributed by atoms with Crippen molar-refractivity contribution in [2.45, 2.75) is 11.8 Å². The molecule has 0 aliphatic rings. The Morgan fingerprint density at radius 3 is 2.33 bits per heavy atom. The molecule has 0 radical (unpaired) electrons. The normalized spacial score (nSPS) is 11.5. The molecule has 0 bridgehead atoms. The van der Waals surface area contributed by atoms with E-state index in [-0.39, 0.29) is 4.90 Å². The molecule has 4 nitrogen and oxygen atoms in total. The average Bonchev–Trinajstić information content (AvgIpc) is 1.83. The summed E-state index contributed by atoms with van der Waals surface area (Å²) in [6, 6.07) is 2.86. The molecule has 0 aromatic carbocycles. The summed E-state index contributed by atoms with van der Waals surface area (Å²) in [4.78, 5) is 13.3. The molecule has 0 spiro atoms. The Kier molecular flexibility index (Phi) is 2.06. The second-order valence-corrected chi connectivity index (χ2v) is 4.59. The van der Waals surface area contributed by atoms with E-state index in [0.29, 0.717) is 5.69 Å². The average molecular weight is 187 g/mol. The van der Waals surface area contributed by atoms with E-state index in [2.05, 4.69) is 4.98 Å². The van der Waals surface area contributed by atoms with E-state index < -0.39 is 15.4 Å². The van der Waals surface area contributed by atoms with Crippen molar-refractivity contribution in [2.75, 3.05) is 6.26 Å². The first kappa shape index (κ1) is 8.99. The van der Waals surface area contributed by atoms with Crippen LogP contribution in [0.1, 0.15) is 5.69 Å². The lowest BCUT2D eigenvalue weighted by atomic mass is 10.4. The predicted octanol–water partition coefficient (Wildman–Crippen LogP) is 0.0868. The van der Waals surface area contributed by atoms with Crippen molar-refractivity contribution in [2.24, 2.45) is 0 Å². The quantitative estimate of drug-likeness (QED) is 0.677. The molecule has 1 heterocycles. The van der Waals surface area contributed by atoms with E-state index in [4.69, 9.17) is 0 Å². The van der Waals surface area contributed by atoms with Crippen molar-refractivity contribution in [3.8, 4) is 0 Å². The molecular weight excluding hydrogens is 178 g/mol. The Balaban J connectivity index is 3.50. The van der Waals surface area contributed by atoms with Crippen LogP contribution in [-0.4, -0.2) is 19.7 Å². The molecule has 0 aliphatic carbocycles. The van der Waals surface area contributed by atoms with Gasteiger partial charge in [0.15, 0.2) is 9.84 Å². The van der Waals surface area contributed by atoms with Gasteiger partial charge in [0.05, 0.1) is 0 Å². The van der Waals surface area contributed by atoms with Crippen molar-refractivity contribution < 1.29 is 8.42 Å². The number of H-pyrrole nitrogens is 1. The molecule has 0 fully saturated rings. The van der Waals surface area contributed by atoms with Gasteiger partial charge in [-0.25, -0.2) is 8.42 Å². The molecule has 0 unspecified atom stereocenters. The van der Waals surface area contributed by atoms with Crippen LogP contribution in [0.2, 0.25) is 0 Å². The Hall–Kier alpha value is -1.10. The van der Waals surface area contributed by atoms with Gasteiger partial charge in [0.25, 0.3) is 5.56 Å². The smallest absolute Gasteiger partial charge is 0.266 e. The monoisotopic (exact) mass is 187 g/mol. The summed E-state index contributed by atoms with van der Waals surface area (Å²) in [5.41, 5.74) is 0.0879. The van der Waals surface area contributed by atoms with Crippen LogP contribution in [0.15, 0.2) is 21.8 Å². The van der Waals surface area contributed by atoms with Gasteiger partial charge in [-0.15, -0.1) is 0 Å². The first-order valence-corrected chi connectivity index (χ1v) is 5.20. The predicted molar refractivity (Wildman–Crippen MR) is 44.9 cm³/mol. The van der Waals surface area contributed by atoms with Gasteiger partial charge < -0.3 is 4.98 Å². The summed E-state index contributed by atoms with van der Waals surface area (Å²) in [7, 11) is -3.39. The van der Waals surface area contributed by atoms with Gasteiger partial charge in [-0.3, -0.25) is 4.79 Å². The van der Waals surface area contributed by atoms with Crippen LogP contribution in [0.5, 0.6) is 0 Å². The molecule has 1 rings (SSSR count). The minimum atomic E-state index is -3.39. The number of hydrogen-bond donors (Lipinski definition) is 1. The fourth-order valence-electron chi connectivity index (χ4n) is 0.851. The molecule has 12 heavy (non-hydrogen) atoms. The van der Waals surface area contributed by atoms with Crippen LogP contribution in [-0.2, 0) is 9.84 Å². The van der Waals surface area contributed by atoms with Crippen LogP contribution >= 0.6 is 0 Å². The van der Waals surface area contributed by atoms with Crippen molar-refractivity contribution in [1.82, 2.24) is 4.98 Å². The van der Waals surface area contributed by atoms with Crippen LogP contribution in [0.3, 0.4) is 0 Å². The van der Waals surface area contributed by atoms with Crippen LogP contribution in [0, 0.1) is 6.92 Å². The summed E-state index contributed by atoms with van der Waals surface area (Å²) in [5, 5.41) is 0. The fourth-order valence-corrected chi connectivity index (χ4v) is 1.55. The highest BCUT2D eigenvalue weighted by atomic mass is 32.2. The maximum Gasteiger partial charge on any atom is 0.266 e. The molecule has 1 aromatic heterocycles. The van der Waals surface area contributed by atoms with Crippen LogP contribution in [0.25, 0.3) is 0 Å². The lowest BCUT2D eigenvalue weighted by Crippen LogP contribution is -2.16. The van der Waals surface area contributed by atoms with Crippen molar-refractivity contribution >= 4 is 9.84 Å². The number of hydrogen-bond acceptors (Lipinski definition) is 3. The third kappa shape index (κ3) is 1.73. The minimum absolute atomic E-state index is 0.187. The molecule has 66 valence electrons. The molecule has 0 amide bonds. The zero-order valence-corrected chi connectivity index (χ0v) is 7.60. The molecule has 5 heteroatoms. The number of rotatable bonds is 1. The second-order valence-electron chi connectivity index (χ2n) is 2.61. The Bertz CT molecular complexity index is 444. The van der Waals surface area contributed by atoms with Gasteiger partial charge in [0.2, 0.25) is 0 Å². The van der Waals surface area contributed by atoms with E-state index in [1.807, 2.05) is 0 Å². The van der Waals surface area contributed by atoms with Gasteiger partial charge in [0, 0.05) is 11.9 Å². The lowest BCUT2D eigenvalue weighted by molar-refractivity contribution is 0.600. The number of aryl methyl sites for hydroxylation is 1. The molecule has 1 aromatic rings. The van der Waals surface area contributed by atoms with Gasteiger partial charge >= 0.3 is 0 Å². The summed E-state index contributed by atoms with van der Waals surface area (Å²) >= 11 is 0. The highest BCUT2D eigenvalue weighted by molar-refractivity contribution is 7.90. The first-order valence-electron chi connectivity index (χ1n) is 3.31. The third-order valence-corrected chi connectivity index (χ3v) is 2.54.